The van der Waals surface area contributed by atoms with Crippen LogP contribution >= 0.6 is 10.9 Å². The Morgan fingerprint density at radius 1 is 1.45 bits per heavy atom. The van der Waals surface area contributed by atoms with Gasteiger partial charge in [0.05, 0.1) is 0 Å². The number of halogens is 3. The highest BCUT2D eigenvalue weighted by atomic mass is 32.2. The minimum absolute atomic E-state index is 0.119. The molecule has 0 saturated carbocycles. The van der Waals surface area contributed by atoms with Gasteiger partial charge in [-0.2, -0.15) is 13.2 Å². The minimum Gasteiger partial charge on any atom is -0.341 e. The summed E-state index contributed by atoms with van der Waals surface area (Å²) in [5, 5.41) is 1.79. The highest BCUT2D eigenvalue weighted by Crippen LogP contribution is 2.16. The molecule has 0 radical (unpaired) electrons. The average molecular weight is 189 g/mol. The second-order valence-corrected chi connectivity index (χ2v) is 4.72. The first-order valence-corrected chi connectivity index (χ1v) is 5.26. The maximum absolute atomic E-state index is 11.5. The Labute approximate surface area is 65.5 Å². The normalized spacial score (nSPS) is 12.6. The van der Waals surface area contributed by atoms with Crippen molar-refractivity contribution in [1.82, 2.24) is 5.32 Å². The molecule has 68 valence electrons. The molecule has 1 amide bonds. The predicted octanol–water partition coefficient (Wildman–Crippen LogP) is 0.883. The first-order chi connectivity index (χ1) is 4.84. The van der Waals surface area contributed by atoms with Gasteiger partial charge in [-0.1, -0.05) is 0 Å². The summed E-state index contributed by atoms with van der Waals surface area (Å²) in [5.41, 5.74) is 0. The molecule has 0 aliphatic rings. The SMILES string of the molecule is C[SH](C)CNC(=O)C(F)(F)F. The third kappa shape index (κ3) is 4.94. The van der Waals surface area contributed by atoms with Crippen molar-refractivity contribution in [2.75, 3.05) is 18.4 Å². The molecule has 11 heavy (non-hydrogen) atoms. The lowest BCUT2D eigenvalue weighted by Gasteiger charge is -2.11. The summed E-state index contributed by atoms with van der Waals surface area (Å²) >= 11 is 0. The van der Waals surface area contributed by atoms with Gasteiger partial charge in [-0.25, -0.2) is 10.9 Å². The highest BCUT2D eigenvalue weighted by Gasteiger charge is 2.38. The molecule has 0 heterocycles. The number of hydrogen-bond donors (Lipinski definition) is 2. The first kappa shape index (κ1) is 10.6. The lowest BCUT2D eigenvalue weighted by atomic mass is 10.6. The van der Waals surface area contributed by atoms with Gasteiger partial charge in [0, 0.05) is 5.88 Å². The third-order valence-electron chi connectivity index (χ3n) is 0.813. The molecule has 0 aromatic heterocycles. The minimum atomic E-state index is -4.74. The Bertz CT molecular complexity index is 145. The van der Waals surface area contributed by atoms with E-state index in [-0.39, 0.29) is 5.88 Å². The average Bonchev–Trinajstić information content (AvgIpc) is 1.80. The maximum atomic E-state index is 11.5. The zero-order chi connectivity index (χ0) is 9.07. The Hall–Kier alpha value is -0.390. The summed E-state index contributed by atoms with van der Waals surface area (Å²) in [5.74, 6) is -1.73. The van der Waals surface area contributed by atoms with Gasteiger partial charge in [0.25, 0.3) is 0 Å². The summed E-state index contributed by atoms with van der Waals surface area (Å²) in [6.07, 6.45) is -1.18. The molecular weight excluding hydrogens is 179 g/mol. The summed E-state index contributed by atoms with van der Waals surface area (Å²) in [4.78, 5) is 10.1. The second kappa shape index (κ2) is 3.85. The van der Waals surface area contributed by atoms with Crippen LogP contribution in [0.15, 0.2) is 0 Å². The second-order valence-electron chi connectivity index (χ2n) is 2.24. The van der Waals surface area contributed by atoms with Crippen molar-refractivity contribution in [2.45, 2.75) is 6.18 Å². The van der Waals surface area contributed by atoms with E-state index < -0.39 is 23.0 Å². The largest absolute Gasteiger partial charge is 0.471 e. The number of carbonyl (C=O) groups excluding carboxylic acids is 1. The summed E-state index contributed by atoms with van der Waals surface area (Å²) in [6, 6.07) is 0. The first-order valence-electron chi connectivity index (χ1n) is 2.84. The van der Waals surface area contributed by atoms with E-state index in [1.165, 1.54) is 0 Å². The molecule has 0 atom stereocenters. The zero-order valence-electron chi connectivity index (χ0n) is 6.20. The fourth-order valence-corrected chi connectivity index (χ4v) is 0.790. The Morgan fingerprint density at radius 3 is 2.18 bits per heavy atom. The number of nitrogens with one attached hydrogen (secondary N) is 1. The fraction of sp³-hybridized carbons (Fsp3) is 0.800. The third-order valence-corrected chi connectivity index (χ3v) is 1.60. The van der Waals surface area contributed by atoms with Crippen LogP contribution in [-0.2, 0) is 4.79 Å². The van der Waals surface area contributed by atoms with Crippen LogP contribution in [0.5, 0.6) is 0 Å². The van der Waals surface area contributed by atoms with Gasteiger partial charge in [0.2, 0.25) is 0 Å². The van der Waals surface area contributed by atoms with Gasteiger partial charge in [-0.3, -0.25) is 4.79 Å². The van der Waals surface area contributed by atoms with Crippen LogP contribution in [0.4, 0.5) is 13.2 Å². The lowest BCUT2D eigenvalue weighted by molar-refractivity contribution is -0.173. The van der Waals surface area contributed by atoms with Crippen LogP contribution in [0.25, 0.3) is 0 Å². The van der Waals surface area contributed by atoms with Crippen LogP contribution in [0.2, 0.25) is 0 Å². The van der Waals surface area contributed by atoms with Gasteiger partial charge in [-0.15, -0.1) is 0 Å². The Morgan fingerprint density at radius 2 is 1.91 bits per heavy atom. The van der Waals surface area contributed by atoms with Crippen molar-refractivity contribution in [1.29, 1.82) is 0 Å². The monoisotopic (exact) mass is 189 g/mol. The molecule has 0 spiro atoms. The van der Waals surface area contributed by atoms with Crippen LogP contribution in [0.3, 0.4) is 0 Å². The van der Waals surface area contributed by atoms with Gasteiger partial charge >= 0.3 is 12.1 Å². The number of alkyl halides is 3. The fourth-order valence-electron chi connectivity index (χ4n) is 0.330. The van der Waals surface area contributed by atoms with Crippen molar-refractivity contribution in [2.24, 2.45) is 0 Å². The number of rotatable bonds is 2. The standard InChI is InChI=1S/C5H10F3NOS/c1-11(2)3-9-4(10)5(6,7)8/h11H,3H2,1-2H3,(H,9,10). The van der Waals surface area contributed by atoms with Crippen molar-refractivity contribution < 1.29 is 18.0 Å². The van der Waals surface area contributed by atoms with E-state index in [2.05, 4.69) is 0 Å². The van der Waals surface area contributed by atoms with Crippen molar-refractivity contribution in [3.05, 3.63) is 0 Å². The lowest BCUT2D eigenvalue weighted by Crippen LogP contribution is -2.37. The summed E-state index contributed by atoms with van der Waals surface area (Å²) < 4.78 is 34.5. The van der Waals surface area contributed by atoms with E-state index in [4.69, 9.17) is 0 Å². The molecule has 0 aliphatic heterocycles. The number of carbonyl (C=O) groups is 1. The zero-order valence-corrected chi connectivity index (χ0v) is 7.09. The molecule has 6 heteroatoms. The number of thiol groups is 1. The highest BCUT2D eigenvalue weighted by molar-refractivity contribution is 8.15. The molecule has 0 fully saturated rings. The van der Waals surface area contributed by atoms with E-state index in [0.29, 0.717) is 0 Å². The van der Waals surface area contributed by atoms with Crippen LogP contribution < -0.4 is 5.32 Å². The Balaban J connectivity index is 3.71. The summed E-state index contributed by atoms with van der Waals surface area (Å²) in [7, 11) is -0.512. The molecule has 0 aliphatic carbocycles. The molecule has 1 N–H and O–H groups in total. The van der Waals surface area contributed by atoms with Crippen LogP contribution in [0.1, 0.15) is 0 Å². The van der Waals surface area contributed by atoms with Crippen LogP contribution in [0, 0.1) is 0 Å². The van der Waals surface area contributed by atoms with E-state index in [1.54, 1.807) is 17.8 Å². The Kier molecular flexibility index (Phi) is 3.71. The molecule has 2 nitrogen and oxygen atoms in total. The van der Waals surface area contributed by atoms with Gasteiger partial charge in [0.15, 0.2) is 0 Å². The van der Waals surface area contributed by atoms with Gasteiger partial charge in [-0.05, 0) is 12.5 Å². The van der Waals surface area contributed by atoms with Crippen LogP contribution in [-0.4, -0.2) is 30.5 Å². The van der Waals surface area contributed by atoms with Crippen molar-refractivity contribution >= 4 is 16.8 Å². The molecule has 0 unspecified atom stereocenters. The molecule has 0 aromatic rings. The molecular formula is C5H10F3NOS. The van der Waals surface area contributed by atoms with Crippen molar-refractivity contribution in [3.63, 3.8) is 0 Å². The maximum Gasteiger partial charge on any atom is 0.471 e. The number of hydrogen-bond acceptors (Lipinski definition) is 1. The quantitative estimate of drug-likeness (QED) is 0.620. The summed E-state index contributed by atoms with van der Waals surface area (Å²) in [6.45, 7) is 0. The smallest absolute Gasteiger partial charge is 0.341 e. The molecule has 0 rings (SSSR count). The predicted molar refractivity (Wildman–Crippen MR) is 39.9 cm³/mol. The van der Waals surface area contributed by atoms with Gasteiger partial charge < -0.3 is 5.32 Å². The van der Waals surface area contributed by atoms with E-state index in [9.17, 15) is 18.0 Å². The van der Waals surface area contributed by atoms with Gasteiger partial charge in [0.1, 0.15) is 0 Å². The number of amides is 1. The topological polar surface area (TPSA) is 29.1 Å². The molecule has 0 saturated heterocycles. The molecule has 0 bridgehead atoms. The van der Waals surface area contributed by atoms with Crippen molar-refractivity contribution in [3.8, 4) is 0 Å². The van der Waals surface area contributed by atoms with E-state index >= 15 is 0 Å². The van der Waals surface area contributed by atoms with E-state index in [1.807, 2.05) is 0 Å². The van der Waals surface area contributed by atoms with E-state index in [0.717, 1.165) is 0 Å². The molecule has 0 aromatic carbocycles.